The third-order valence-electron chi connectivity index (χ3n) is 4.17. The van der Waals surface area contributed by atoms with E-state index < -0.39 is 0 Å². The Hall–Kier alpha value is -2.24. The lowest BCUT2D eigenvalue weighted by molar-refractivity contribution is -0.121. The number of pyridine rings is 1. The number of amides is 1. The summed E-state index contributed by atoms with van der Waals surface area (Å²) in [5, 5.41) is 11.0. The Morgan fingerprint density at radius 3 is 3.00 bits per heavy atom. The van der Waals surface area contributed by atoms with Gasteiger partial charge in [-0.3, -0.25) is 9.78 Å². The second-order valence-corrected chi connectivity index (χ2v) is 5.83. The van der Waals surface area contributed by atoms with Gasteiger partial charge >= 0.3 is 0 Å². The number of hydrogen-bond donors (Lipinski definition) is 1. The maximum absolute atomic E-state index is 11.9. The van der Waals surface area contributed by atoms with Crippen molar-refractivity contribution in [3.8, 4) is 5.69 Å². The molecule has 1 fully saturated rings. The van der Waals surface area contributed by atoms with Crippen LogP contribution in [0.3, 0.4) is 0 Å². The summed E-state index contributed by atoms with van der Waals surface area (Å²) in [6.07, 6.45) is 12.1. The summed E-state index contributed by atoms with van der Waals surface area (Å²) in [5.74, 6) is 0.847. The first-order valence-corrected chi connectivity index (χ1v) is 7.89. The summed E-state index contributed by atoms with van der Waals surface area (Å²) in [4.78, 5) is 15.9. The predicted molar refractivity (Wildman–Crippen MR) is 82.2 cm³/mol. The fourth-order valence-electron chi connectivity index (χ4n) is 2.91. The molecular weight excluding hydrogens is 278 g/mol. The van der Waals surface area contributed by atoms with Crippen LogP contribution in [0.5, 0.6) is 0 Å². The van der Waals surface area contributed by atoms with E-state index in [-0.39, 0.29) is 5.91 Å². The molecule has 0 saturated heterocycles. The molecule has 1 aliphatic rings. The molecule has 0 aliphatic heterocycles. The van der Waals surface area contributed by atoms with Gasteiger partial charge in [0.25, 0.3) is 0 Å². The van der Waals surface area contributed by atoms with Crippen LogP contribution < -0.4 is 5.32 Å². The summed E-state index contributed by atoms with van der Waals surface area (Å²) in [6, 6.07) is 3.76. The lowest BCUT2D eigenvalue weighted by Gasteiger charge is -2.08. The molecule has 3 rings (SSSR count). The second-order valence-electron chi connectivity index (χ2n) is 5.83. The molecule has 0 radical (unpaired) electrons. The largest absolute Gasteiger partial charge is 0.350 e. The van der Waals surface area contributed by atoms with E-state index in [1.54, 1.807) is 17.1 Å². The number of aromatic nitrogens is 4. The fourth-order valence-corrected chi connectivity index (χ4v) is 2.91. The lowest BCUT2D eigenvalue weighted by atomic mass is 10.0. The van der Waals surface area contributed by atoms with Crippen molar-refractivity contribution in [1.82, 2.24) is 25.3 Å². The molecule has 116 valence electrons. The van der Waals surface area contributed by atoms with Crippen molar-refractivity contribution < 1.29 is 4.79 Å². The molecule has 6 heteroatoms. The first-order chi connectivity index (χ1) is 10.8. The molecular formula is C16H21N5O. The third-order valence-corrected chi connectivity index (χ3v) is 4.17. The predicted octanol–water partition coefficient (Wildman–Crippen LogP) is 2.25. The van der Waals surface area contributed by atoms with E-state index in [1.807, 2.05) is 18.3 Å². The first kappa shape index (κ1) is 14.7. The van der Waals surface area contributed by atoms with Crippen LogP contribution in [-0.2, 0) is 11.3 Å². The van der Waals surface area contributed by atoms with Gasteiger partial charge in [0.1, 0.15) is 5.69 Å². The number of hydrogen-bond acceptors (Lipinski definition) is 4. The van der Waals surface area contributed by atoms with Crippen LogP contribution in [0.15, 0.2) is 30.7 Å². The SMILES string of the molecule is O=C(CCC1CCCC1)NCc1cn(-c2cccnc2)nn1. The van der Waals surface area contributed by atoms with Crippen LogP contribution in [-0.4, -0.2) is 25.9 Å². The average molecular weight is 299 g/mol. The van der Waals surface area contributed by atoms with Crippen molar-refractivity contribution >= 4 is 5.91 Å². The molecule has 2 heterocycles. The second kappa shape index (κ2) is 7.15. The molecule has 1 saturated carbocycles. The lowest BCUT2D eigenvalue weighted by Crippen LogP contribution is -2.23. The van der Waals surface area contributed by atoms with E-state index in [0.29, 0.717) is 13.0 Å². The van der Waals surface area contributed by atoms with Crippen molar-refractivity contribution in [2.75, 3.05) is 0 Å². The van der Waals surface area contributed by atoms with Crippen molar-refractivity contribution in [3.63, 3.8) is 0 Å². The van der Waals surface area contributed by atoms with E-state index in [4.69, 9.17) is 0 Å². The molecule has 0 atom stereocenters. The van der Waals surface area contributed by atoms with Gasteiger partial charge in [-0.05, 0) is 24.5 Å². The number of carbonyl (C=O) groups is 1. The minimum atomic E-state index is 0.0998. The van der Waals surface area contributed by atoms with Gasteiger partial charge in [0.05, 0.1) is 24.6 Å². The quantitative estimate of drug-likeness (QED) is 0.888. The monoisotopic (exact) mass is 299 g/mol. The molecule has 0 bridgehead atoms. The van der Waals surface area contributed by atoms with Gasteiger partial charge in [0.15, 0.2) is 0 Å². The van der Waals surface area contributed by atoms with Crippen LogP contribution in [0.2, 0.25) is 0 Å². The van der Waals surface area contributed by atoms with E-state index in [0.717, 1.165) is 23.7 Å². The Morgan fingerprint density at radius 2 is 2.23 bits per heavy atom. The first-order valence-electron chi connectivity index (χ1n) is 7.89. The van der Waals surface area contributed by atoms with Crippen LogP contribution in [0.25, 0.3) is 5.69 Å². The molecule has 6 nitrogen and oxygen atoms in total. The van der Waals surface area contributed by atoms with Crippen LogP contribution in [0.4, 0.5) is 0 Å². The summed E-state index contributed by atoms with van der Waals surface area (Å²) in [7, 11) is 0. The van der Waals surface area contributed by atoms with Crippen molar-refractivity contribution in [3.05, 3.63) is 36.4 Å². The van der Waals surface area contributed by atoms with Crippen LogP contribution in [0, 0.1) is 5.92 Å². The maximum atomic E-state index is 11.9. The minimum Gasteiger partial charge on any atom is -0.350 e. The third kappa shape index (κ3) is 3.90. The molecule has 0 unspecified atom stereocenters. The van der Waals surface area contributed by atoms with Crippen molar-refractivity contribution in [2.45, 2.75) is 45.1 Å². The van der Waals surface area contributed by atoms with Gasteiger partial charge in [-0.2, -0.15) is 0 Å². The highest BCUT2D eigenvalue weighted by atomic mass is 16.1. The highest BCUT2D eigenvalue weighted by molar-refractivity contribution is 5.75. The molecule has 1 N–H and O–H groups in total. The molecule has 2 aromatic heterocycles. The zero-order valence-electron chi connectivity index (χ0n) is 12.6. The minimum absolute atomic E-state index is 0.0998. The number of nitrogens with one attached hydrogen (secondary N) is 1. The normalized spacial score (nSPS) is 15.1. The van der Waals surface area contributed by atoms with Gasteiger partial charge in [-0.1, -0.05) is 30.9 Å². The van der Waals surface area contributed by atoms with Gasteiger partial charge in [0, 0.05) is 12.6 Å². The number of nitrogens with zero attached hydrogens (tertiary/aromatic N) is 4. The summed E-state index contributed by atoms with van der Waals surface area (Å²) >= 11 is 0. The van der Waals surface area contributed by atoms with E-state index in [9.17, 15) is 4.79 Å². The topological polar surface area (TPSA) is 72.7 Å². The summed E-state index contributed by atoms with van der Waals surface area (Å²) in [6.45, 7) is 0.420. The Bertz CT molecular complexity index is 604. The molecule has 22 heavy (non-hydrogen) atoms. The highest BCUT2D eigenvalue weighted by Crippen LogP contribution is 2.28. The summed E-state index contributed by atoms with van der Waals surface area (Å²) in [5.41, 5.74) is 1.60. The fraction of sp³-hybridized carbons (Fsp3) is 0.500. The standard InChI is InChI=1S/C16H21N5O/c22-16(8-7-13-4-1-2-5-13)18-10-14-12-21(20-19-14)15-6-3-9-17-11-15/h3,6,9,11-13H,1-2,4-5,7-8,10H2,(H,18,22). The highest BCUT2D eigenvalue weighted by Gasteiger charge is 2.16. The van der Waals surface area contributed by atoms with Gasteiger partial charge < -0.3 is 5.32 Å². The molecule has 0 spiro atoms. The van der Waals surface area contributed by atoms with Crippen LogP contribution >= 0.6 is 0 Å². The van der Waals surface area contributed by atoms with Crippen molar-refractivity contribution in [1.29, 1.82) is 0 Å². The van der Waals surface area contributed by atoms with Gasteiger partial charge in [-0.15, -0.1) is 5.10 Å². The maximum Gasteiger partial charge on any atom is 0.220 e. The van der Waals surface area contributed by atoms with E-state index >= 15 is 0 Å². The van der Waals surface area contributed by atoms with E-state index in [2.05, 4.69) is 20.6 Å². The Kier molecular flexibility index (Phi) is 4.78. The summed E-state index contributed by atoms with van der Waals surface area (Å²) < 4.78 is 1.66. The molecule has 2 aromatic rings. The van der Waals surface area contributed by atoms with Crippen molar-refractivity contribution in [2.24, 2.45) is 5.92 Å². The van der Waals surface area contributed by atoms with E-state index in [1.165, 1.54) is 25.7 Å². The molecule has 1 aliphatic carbocycles. The number of rotatable bonds is 6. The Morgan fingerprint density at radius 1 is 1.36 bits per heavy atom. The number of carbonyl (C=O) groups excluding carboxylic acids is 1. The zero-order valence-corrected chi connectivity index (χ0v) is 12.6. The molecule has 1 amide bonds. The van der Waals surface area contributed by atoms with Gasteiger partial charge in [-0.25, -0.2) is 4.68 Å². The zero-order chi connectivity index (χ0) is 15.2. The van der Waals surface area contributed by atoms with Gasteiger partial charge in [0.2, 0.25) is 5.91 Å². The smallest absolute Gasteiger partial charge is 0.220 e. The molecule has 0 aromatic carbocycles. The van der Waals surface area contributed by atoms with Crippen LogP contribution in [0.1, 0.15) is 44.2 Å². The average Bonchev–Trinajstić information content (AvgIpc) is 3.23. The Balaban J connectivity index is 1.45. The Labute approximate surface area is 129 Å².